The lowest BCUT2D eigenvalue weighted by Gasteiger charge is -2.25. The summed E-state index contributed by atoms with van der Waals surface area (Å²) in [7, 11) is 0. The normalized spacial score (nSPS) is 18.5. The molecule has 1 saturated heterocycles. The highest BCUT2D eigenvalue weighted by atomic mass is 35.5. The van der Waals surface area contributed by atoms with Crippen LogP contribution in [0.15, 0.2) is 48.5 Å². The summed E-state index contributed by atoms with van der Waals surface area (Å²) in [6.45, 7) is 3.68. The largest absolute Gasteiger partial charge is 0.492 e. The van der Waals surface area contributed by atoms with E-state index in [1.807, 2.05) is 6.92 Å². The van der Waals surface area contributed by atoms with E-state index in [9.17, 15) is 14.4 Å². The van der Waals surface area contributed by atoms with Crippen molar-refractivity contribution in [1.29, 1.82) is 0 Å². The van der Waals surface area contributed by atoms with Gasteiger partial charge in [0.2, 0.25) is 5.91 Å². The van der Waals surface area contributed by atoms with Crippen LogP contribution in [0.25, 0.3) is 0 Å². The SMILES string of the molecule is CCOc1ccccc1NC(=O)CN1C(=O)NC(CC)(c2ccc(Cl)cc2)C1=O. The first-order chi connectivity index (χ1) is 13.9. The van der Waals surface area contributed by atoms with Gasteiger partial charge in [-0.2, -0.15) is 0 Å². The number of amides is 4. The van der Waals surface area contributed by atoms with Crippen LogP contribution in [0.2, 0.25) is 5.02 Å². The first-order valence-electron chi connectivity index (χ1n) is 9.33. The van der Waals surface area contributed by atoms with Gasteiger partial charge in [-0.1, -0.05) is 42.8 Å². The van der Waals surface area contributed by atoms with E-state index in [1.165, 1.54) is 0 Å². The van der Waals surface area contributed by atoms with E-state index < -0.39 is 29.9 Å². The van der Waals surface area contributed by atoms with Crippen molar-refractivity contribution in [3.05, 3.63) is 59.1 Å². The number of nitrogens with zero attached hydrogens (tertiary/aromatic N) is 1. The van der Waals surface area contributed by atoms with Crippen LogP contribution in [-0.4, -0.2) is 35.9 Å². The molecule has 1 heterocycles. The van der Waals surface area contributed by atoms with Crippen molar-refractivity contribution in [1.82, 2.24) is 10.2 Å². The van der Waals surface area contributed by atoms with Crippen molar-refractivity contribution in [2.45, 2.75) is 25.8 Å². The van der Waals surface area contributed by atoms with Crippen LogP contribution >= 0.6 is 11.6 Å². The Bertz CT molecular complexity index is 932. The van der Waals surface area contributed by atoms with Crippen LogP contribution in [-0.2, 0) is 15.1 Å². The Balaban J connectivity index is 1.78. The Morgan fingerprint density at radius 3 is 2.48 bits per heavy atom. The zero-order valence-corrected chi connectivity index (χ0v) is 17.0. The number of benzene rings is 2. The Kier molecular flexibility index (Phi) is 6.08. The van der Waals surface area contributed by atoms with E-state index >= 15 is 0 Å². The molecular weight excluding hydrogens is 394 g/mol. The van der Waals surface area contributed by atoms with Crippen LogP contribution < -0.4 is 15.4 Å². The molecule has 1 unspecified atom stereocenters. The maximum absolute atomic E-state index is 13.1. The second-order valence-corrected chi connectivity index (χ2v) is 7.00. The van der Waals surface area contributed by atoms with E-state index in [0.29, 0.717) is 35.1 Å². The van der Waals surface area contributed by atoms with Crippen molar-refractivity contribution in [3.8, 4) is 5.75 Å². The molecule has 1 aliphatic rings. The lowest BCUT2D eigenvalue weighted by Crippen LogP contribution is -2.44. The third kappa shape index (κ3) is 4.05. The molecule has 0 aliphatic carbocycles. The molecule has 4 amide bonds. The quantitative estimate of drug-likeness (QED) is 0.677. The number of halogens is 1. The van der Waals surface area contributed by atoms with Crippen LogP contribution in [0.4, 0.5) is 10.5 Å². The summed E-state index contributed by atoms with van der Waals surface area (Å²) in [4.78, 5) is 39.1. The highest BCUT2D eigenvalue weighted by Crippen LogP contribution is 2.33. The van der Waals surface area contributed by atoms with Gasteiger partial charge in [-0.05, 0) is 43.2 Å². The molecule has 3 rings (SSSR count). The molecule has 0 saturated carbocycles. The lowest BCUT2D eigenvalue weighted by molar-refractivity contribution is -0.134. The third-order valence-corrected chi connectivity index (χ3v) is 5.06. The minimum absolute atomic E-state index is 0.338. The predicted molar refractivity (Wildman–Crippen MR) is 110 cm³/mol. The molecule has 8 heteroatoms. The van der Waals surface area contributed by atoms with Gasteiger partial charge in [-0.3, -0.25) is 14.5 Å². The van der Waals surface area contributed by atoms with E-state index in [2.05, 4.69) is 10.6 Å². The summed E-state index contributed by atoms with van der Waals surface area (Å²) in [6.07, 6.45) is 0.338. The maximum Gasteiger partial charge on any atom is 0.325 e. The van der Waals surface area contributed by atoms with Crippen molar-refractivity contribution >= 4 is 35.1 Å². The average molecular weight is 416 g/mol. The molecular formula is C21H22ClN3O4. The second kappa shape index (κ2) is 8.53. The van der Waals surface area contributed by atoms with E-state index in [-0.39, 0.29) is 0 Å². The fraction of sp³-hybridized carbons (Fsp3) is 0.286. The molecule has 1 atom stereocenters. The van der Waals surface area contributed by atoms with Gasteiger partial charge in [0.15, 0.2) is 0 Å². The summed E-state index contributed by atoms with van der Waals surface area (Å²) in [5.74, 6) is -0.450. The summed E-state index contributed by atoms with van der Waals surface area (Å²) in [5, 5.41) is 5.97. The summed E-state index contributed by atoms with van der Waals surface area (Å²) in [6, 6.07) is 13.1. The van der Waals surface area contributed by atoms with Crippen molar-refractivity contribution < 1.29 is 19.1 Å². The van der Waals surface area contributed by atoms with Gasteiger partial charge in [0, 0.05) is 5.02 Å². The molecule has 0 bridgehead atoms. The van der Waals surface area contributed by atoms with E-state index in [1.54, 1.807) is 55.5 Å². The number of nitrogens with one attached hydrogen (secondary N) is 2. The Hall–Kier alpha value is -3.06. The summed E-state index contributed by atoms with van der Waals surface area (Å²) >= 11 is 5.94. The van der Waals surface area contributed by atoms with Crippen molar-refractivity contribution in [2.75, 3.05) is 18.5 Å². The number of hydrogen-bond donors (Lipinski definition) is 2. The summed E-state index contributed by atoms with van der Waals surface area (Å²) < 4.78 is 5.48. The number of rotatable bonds is 7. The predicted octanol–water partition coefficient (Wildman–Crippen LogP) is 3.53. The number of carbonyl (C=O) groups excluding carboxylic acids is 3. The number of hydrogen-bond acceptors (Lipinski definition) is 4. The van der Waals surface area contributed by atoms with Crippen LogP contribution in [0.5, 0.6) is 5.75 Å². The molecule has 0 radical (unpaired) electrons. The summed E-state index contributed by atoms with van der Waals surface area (Å²) in [5.41, 5.74) is -0.122. The molecule has 0 spiro atoms. The molecule has 0 aromatic heterocycles. The minimum Gasteiger partial charge on any atom is -0.492 e. The van der Waals surface area contributed by atoms with Gasteiger partial charge in [0.25, 0.3) is 5.91 Å². The number of carbonyl (C=O) groups is 3. The minimum atomic E-state index is -1.22. The monoisotopic (exact) mass is 415 g/mol. The molecule has 1 aliphatic heterocycles. The third-order valence-electron chi connectivity index (χ3n) is 4.81. The molecule has 2 N–H and O–H groups in total. The Morgan fingerprint density at radius 2 is 1.83 bits per heavy atom. The number of para-hydroxylation sites is 2. The number of anilines is 1. The van der Waals surface area contributed by atoms with Crippen LogP contribution in [0.3, 0.4) is 0 Å². The zero-order valence-electron chi connectivity index (χ0n) is 16.2. The topological polar surface area (TPSA) is 87.7 Å². The molecule has 2 aromatic rings. The fourth-order valence-corrected chi connectivity index (χ4v) is 3.45. The number of urea groups is 1. The van der Waals surface area contributed by atoms with Gasteiger partial charge >= 0.3 is 6.03 Å². The second-order valence-electron chi connectivity index (χ2n) is 6.56. The number of imide groups is 1. The first-order valence-corrected chi connectivity index (χ1v) is 9.71. The van der Waals surface area contributed by atoms with Crippen LogP contribution in [0, 0.1) is 0 Å². The standard InChI is InChI=1S/C21H22ClN3O4/c1-3-21(14-9-11-15(22)12-10-14)19(27)25(20(28)24-21)13-18(26)23-16-7-5-6-8-17(16)29-4-2/h5-12H,3-4,13H2,1-2H3,(H,23,26)(H,24,28). The van der Waals surface area contributed by atoms with Crippen molar-refractivity contribution in [2.24, 2.45) is 0 Å². The van der Waals surface area contributed by atoms with Crippen molar-refractivity contribution in [3.63, 3.8) is 0 Å². The Morgan fingerprint density at radius 1 is 1.14 bits per heavy atom. The van der Waals surface area contributed by atoms with E-state index in [0.717, 1.165) is 4.90 Å². The van der Waals surface area contributed by atoms with Gasteiger partial charge in [-0.15, -0.1) is 0 Å². The number of ether oxygens (including phenoxy) is 1. The fourth-order valence-electron chi connectivity index (χ4n) is 3.33. The molecule has 1 fully saturated rings. The van der Waals surface area contributed by atoms with Crippen LogP contribution in [0.1, 0.15) is 25.8 Å². The lowest BCUT2D eigenvalue weighted by atomic mass is 9.87. The molecule has 7 nitrogen and oxygen atoms in total. The van der Waals surface area contributed by atoms with Gasteiger partial charge < -0.3 is 15.4 Å². The first kappa shape index (κ1) is 20.7. The zero-order chi connectivity index (χ0) is 21.0. The maximum atomic E-state index is 13.1. The Labute approximate surface area is 174 Å². The molecule has 152 valence electrons. The highest BCUT2D eigenvalue weighted by Gasteiger charge is 2.51. The molecule has 2 aromatic carbocycles. The average Bonchev–Trinajstić information content (AvgIpc) is 2.95. The smallest absolute Gasteiger partial charge is 0.325 e. The molecule has 29 heavy (non-hydrogen) atoms. The van der Waals surface area contributed by atoms with E-state index in [4.69, 9.17) is 16.3 Å². The van der Waals surface area contributed by atoms with Gasteiger partial charge in [0.1, 0.15) is 17.8 Å². The highest BCUT2D eigenvalue weighted by molar-refractivity contribution is 6.30. The van der Waals surface area contributed by atoms with Gasteiger partial charge in [0.05, 0.1) is 12.3 Å². The van der Waals surface area contributed by atoms with Gasteiger partial charge in [-0.25, -0.2) is 4.79 Å².